The molecule has 0 aliphatic carbocycles. The fourth-order valence-corrected chi connectivity index (χ4v) is 1.56. The van der Waals surface area contributed by atoms with Crippen LogP contribution in [0, 0.1) is 6.92 Å². The zero-order valence-corrected chi connectivity index (χ0v) is 9.97. The molecule has 2 aromatic rings. The Kier molecular flexibility index (Phi) is 3.19. The number of hydrogen-bond acceptors (Lipinski definition) is 5. The summed E-state index contributed by atoms with van der Waals surface area (Å²) in [5, 5.41) is 21.0. The van der Waals surface area contributed by atoms with Crippen molar-refractivity contribution in [2.75, 3.05) is 5.32 Å². The van der Waals surface area contributed by atoms with Gasteiger partial charge in [0, 0.05) is 17.4 Å². The molecular weight excluding hydrogens is 250 g/mol. The lowest BCUT2D eigenvalue weighted by Crippen LogP contribution is -2.10. The van der Waals surface area contributed by atoms with Crippen LogP contribution in [0.5, 0.6) is 5.75 Å². The number of H-pyrrole nitrogens is 1. The zero-order valence-electron chi connectivity index (χ0n) is 9.97. The molecule has 1 aromatic carbocycles. The third kappa shape index (κ3) is 2.89. The predicted octanol–water partition coefficient (Wildman–Crippen LogP) is 1.23. The van der Waals surface area contributed by atoms with Gasteiger partial charge in [0.1, 0.15) is 11.3 Å². The van der Waals surface area contributed by atoms with Crippen molar-refractivity contribution in [1.82, 2.24) is 9.97 Å². The number of carboxylic acid groups (broad SMARTS) is 1. The fraction of sp³-hybridized carbons (Fsp3) is 0.0833. The molecule has 0 amide bonds. The van der Waals surface area contributed by atoms with Gasteiger partial charge in [0.2, 0.25) is 5.95 Å². The number of carbonyl (C=O) groups is 1. The first-order valence-electron chi connectivity index (χ1n) is 5.37. The average molecular weight is 261 g/mol. The molecule has 0 aliphatic heterocycles. The second-order valence-electron chi connectivity index (χ2n) is 3.90. The quantitative estimate of drug-likeness (QED) is 0.617. The van der Waals surface area contributed by atoms with Gasteiger partial charge in [-0.1, -0.05) is 0 Å². The number of aromatic carboxylic acids is 1. The third-order valence-corrected chi connectivity index (χ3v) is 2.36. The van der Waals surface area contributed by atoms with E-state index in [2.05, 4.69) is 15.3 Å². The molecule has 7 heteroatoms. The van der Waals surface area contributed by atoms with E-state index in [1.165, 1.54) is 24.3 Å². The molecule has 7 nitrogen and oxygen atoms in total. The van der Waals surface area contributed by atoms with E-state index < -0.39 is 5.97 Å². The van der Waals surface area contributed by atoms with Gasteiger partial charge in [-0.3, -0.25) is 9.78 Å². The highest BCUT2D eigenvalue weighted by atomic mass is 16.4. The van der Waals surface area contributed by atoms with Crippen molar-refractivity contribution in [2.24, 2.45) is 0 Å². The van der Waals surface area contributed by atoms with E-state index in [1.54, 1.807) is 6.92 Å². The minimum Gasteiger partial charge on any atom is -0.507 e. The van der Waals surface area contributed by atoms with Crippen LogP contribution in [0.25, 0.3) is 0 Å². The normalized spacial score (nSPS) is 10.2. The van der Waals surface area contributed by atoms with Gasteiger partial charge >= 0.3 is 5.97 Å². The second-order valence-corrected chi connectivity index (χ2v) is 3.90. The molecule has 1 heterocycles. The number of aromatic amines is 1. The van der Waals surface area contributed by atoms with Gasteiger partial charge in [-0.15, -0.1) is 0 Å². The Morgan fingerprint density at radius 3 is 2.74 bits per heavy atom. The van der Waals surface area contributed by atoms with E-state index in [9.17, 15) is 14.7 Å². The molecule has 0 saturated heterocycles. The molecule has 0 unspecified atom stereocenters. The van der Waals surface area contributed by atoms with E-state index in [0.717, 1.165) is 0 Å². The molecule has 0 atom stereocenters. The van der Waals surface area contributed by atoms with Crippen molar-refractivity contribution >= 4 is 17.6 Å². The highest BCUT2D eigenvalue weighted by molar-refractivity contribution is 5.92. The van der Waals surface area contributed by atoms with Crippen molar-refractivity contribution in [2.45, 2.75) is 6.92 Å². The van der Waals surface area contributed by atoms with Crippen LogP contribution in [-0.2, 0) is 0 Å². The maximum atomic E-state index is 11.3. The monoisotopic (exact) mass is 261 g/mol. The largest absolute Gasteiger partial charge is 0.507 e. The van der Waals surface area contributed by atoms with E-state index in [0.29, 0.717) is 11.4 Å². The number of carboxylic acids is 1. The van der Waals surface area contributed by atoms with Crippen LogP contribution in [-0.4, -0.2) is 26.2 Å². The number of nitrogens with zero attached hydrogens (tertiary/aromatic N) is 1. The molecule has 2 rings (SSSR count). The molecular formula is C12H11N3O4. The Bertz CT molecular complexity index is 694. The van der Waals surface area contributed by atoms with Crippen LogP contribution in [0.1, 0.15) is 16.1 Å². The van der Waals surface area contributed by atoms with Crippen LogP contribution in [0.15, 0.2) is 29.1 Å². The van der Waals surface area contributed by atoms with Gasteiger partial charge in [0.15, 0.2) is 0 Å². The lowest BCUT2D eigenvalue weighted by molar-refractivity contribution is 0.0694. The number of benzene rings is 1. The molecule has 19 heavy (non-hydrogen) atoms. The summed E-state index contributed by atoms with van der Waals surface area (Å²) in [5.74, 6) is -1.37. The summed E-state index contributed by atoms with van der Waals surface area (Å²) < 4.78 is 0. The first-order valence-corrected chi connectivity index (χ1v) is 5.37. The number of aromatic nitrogens is 2. The number of rotatable bonds is 3. The maximum absolute atomic E-state index is 11.3. The van der Waals surface area contributed by atoms with Crippen molar-refractivity contribution < 1.29 is 15.0 Å². The van der Waals surface area contributed by atoms with Gasteiger partial charge in [0.25, 0.3) is 5.56 Å². The Morgan fingerprint density at radius 1 is 1.37 bits per heavy atom. The average Bonchev–Trinajstić information content (AvgIpc) is 2.30. The minimum absolute atomic E-state index is 0.201. The molecule has 4 N–H and O–H groups in total. The van der Waals surface area contributed by atoms with Crippen LogP contribution >= 0.6 is 0 Å². The van der Waals surface area contributed by atoms with E-state index in [-0.39, 0.29) is 22.8 Å². The van der Waals surface area contributed by atoms with Crippen LogP contribution in [0.3, 0.4) is 0 Å². The first-order chi connectivity index (χ1) is 8.95. The van der Waals surface area contributed by atoms with Crippen LogP contribution in [0.2, 0.25) is 0 Å². The molecule has 98 valence electrons. The topological polar surface area (TPSA) is 115 Å². The first kappa shape index (κ1) is 12.6. The van der Waals surface area contributed by atoms with Crippen LogP contribution < -0.4 is 10.9 Å². The summed E-state index contributed by atoms with van der Waals surface area (Å²) in [6.45, 7) is 1.67. The summed E-state index contributed by atoms with van der Waals surface area (Å²) in [6, 6.07) is 5.31. The predicted molar refractivity (Wildman–Crippen MR) is 67.9 cm³/mol. The number of phenols is 1. The van der Waals surface area contributed by atoms with Gasteiger partial charge in [0.05, 0.1) is 0 Å². The number of nitrogens with one attached hydrogen (secondary N) is 2. The number of aryl methyl sites for hydroxylation is 1. The molecule has 0 saturated carbocycles. The lowest BCUT2D eigenvalue weighted by atomic mass is 10.2. The van der Waals surface area contributed by atoms with Crippen molar-refractivity contribution in [3.05, 3.63) is 45.9 Å². The highest BCUT2D eigenvalue weighted by Gasteiger charge is 2.10. The molecule has 0 bridgehead atoms. The third-order valence-electron chi connectivity index (χ3n) is 2.36. The Morgan fingerprint density at radius 2 is 2.11 bits per heavy atom. The lowest BCUT2D eigenvalue weighted by Gasteiger charge is -2.07. The molecule has 0 radical (unpaired) electrons. The molecule has 0 aliphatic rings. The Hall–Kier alpha value is -2.83. The molecule has 0 fully saturated rings. The van der Waals surface area contributed by atoms with Gasteiger partial charge < -0.3 is 15.5 Å². The van der Waals surface area contributed by atoms with E-state index in [4.69, 9.17) is 5.11 Å². The highest BCUT2D eigenvalue weighted by Crippen LogP contribution is 2.22. The standard InChI is InChI=1S/C12H11N3O4/c1-6-4-10(17)15-12(13-6)14-7-2-3-9(16)8(5-7)11(18)19/h2-5,16H,1H3,(H,18,19)(H2,13,14,15,17). The summed E-state index contributed by atoms with van der Waals surface area (Å²) in [5.41, 5.74) is 0.375. The smallest absolute Gasteiger partial charge is 0.339 e. The van der Waals surface area contributed by atoms with Gasteiger partial charge in [-0.2, -0.15) is 0 Å². The van der Waals surface area contributed by atoms with Crippen molar-refractivity contribution in [3.8, 4) is 5.75 Å². The molecule has 0 spiro atoms. The summed E-state index contributed by atoms with van der Waals surface area (Å²) in [7, 11) is 0. The fourth-order valence-electron chi connectivity index (χ4n) is 1.56. The summed E-state index contributed by atoms with van der Waals surface area (Å²) in [4.78, 5) is 28.7. The summed E-state index contributed by atoms with van der Waals surface area (Å²) >= 11 is 0. The maximum Gasteiger partial charge on any atom is 0.339 e. The van der Waals surface area contributed by atoms with Crippen molar-refractivity contribution in [3.63, 3.8) is 0 Å². The van der Waals surface area contributed by atoms with Crippen molar-refractivity contribution in [1.29, 1.82) is 0 Å². The van der Waals surface area contributed by atoms with E-state index in [1.807, 2.05) is 0 Å². The van der Waals surface area contributed by atoms with Crippen LogP contribution in [0.4, 0.5) is 11.6 Å². The minimum atomic E-state index is -1.24. The Labute approximate surface area is 107 Å². The SMILES string of the molecule is Cc1cc(=O)[nH]c(Nc2ccc(O)c(C(=O)O)c2)n1. The van der Waals surface area contributed by atoms with Gasteiger partial charge in [-0.25, -0.2) is 9.78 Å². The zero-order chi connectivity index (χ0) is 14.0. The second kappa shape index (κ2) is 4.81. The summed E-state index contributed by atoms with van der Waals surface area (Å²) in [6.07, 6.45) is 0. The molecule has 1 aromatic heterocycles. The number of aromatic hydroxyl groups is 1. The number of anilines is 2. The Balaban J connectivity index is 2.36. The van der Waals surface area contributed by atoms with E-state index >= 15 is 0 Å². The van der Waals surface area contributed by atoms with Gasteiger partial charge in [-0.05, 0) is 25.1 Å². The number of hydrogen-bond donors (Lipinski definition) is 4.